The summed E-state index contributed by atoms with van der Waals surface area (Å²) in [6.45, 7) is 0.0846. The zero-order valence-corrected chi connectivity index (χ0v) is 7.50. The molecule has 0 unspecified atom stereocenters. The third kappa shape index (κ3) is 1.29. The zero-order valence-electron chi connectivity index (χ0n) is 7.50. The fourth-order valence-electron chi connectivity index (χ4n) is 1.56. The van der Waals surface area contributed by atoms with Crippen LogP contribution in [0.15, 0.2) is 24.4 Å². The van der Waals surface area contributed by atoms with Gasteiger partial charge in [-0.3, -0.25) is 0 Å². The largest absolute Gasteiger partial charge is 0.387 e. The summed E-state index contributed by atoms with van der Waals surface area (Å²) in [7, 11) is 0. The molecule has 0 saturated heterocycles. The smallest absolute Gasteiger partial charge is 0.132 e. The Hall–Kier alpha value is -1.39. The number of benzene rings is 1. The molecule has 4 N–H and O–H groups in total. The molecule has 0 bridgehead atoms. The van der Waals surface area contributed by atoms with E-state index in [1.165, 1.54) is 6.07 Å². The number of hydrogen-bond donors (Lipinski definition) is 3. The summed E-state index contributed by atoms with van der Waals surface area (Å²) in [4.78, 5) is 2.89. The molecule has 3 nitrogen and oxygen atoms in total. The van der Waals surface area contributed by atoms with Gasteiger partial charge in [-0.1, -0.05) is 6.07 Å². The number of halogens is 1. The molecule has 0 aliphatic carbocycles. The maximum Gasteiger partial charge on any atom is 0.132 e. The maximum absolute atomic E-state index is 13.4. The van der Waals surface area contributed by atoms with Crippen molar-refractivity contribution >= 4 is 10.9 Å². The molecule has 1 aromatic heterocycles. The van der Waals surface area contributed by atoms with Gasteiger partial charge in [-0.2, -0.15) is 0 Å². The van der Waals surface area contributed by atoms with E-state index in [1.54, 1.807) is 18.3 Å². The van der Waals surface area contributed by atoms with E-state index in [4.69, 9.17) is 5.73 Å². The van der Waals surface area contributed by atoms with Crippen molar-refractivity contribution in [1.82, 2.24) is 4.98 Å². The Bertz CT molecular complexity index is 452. The molecule has 1 aromatic carbocycles. The standard InChI is InChI=1S/C10H11FN2O/c11-7-2-1-3-8-10(7)6(5-13-8)9(14)4-12/h1-3,5,9,13-14H,4,12H2/t9-/m0/s1. The topological polar surface area (TPSA) is 62.0 Å². The van der Waals surface area contributed by atoms with Gasteiger partial charge in [-0.15, -0.1) is 0 Å². The molecule has 4 heteroatoms. The van der Waals surface area contributed by atoms with E-state index in [0.29, 0.717) is 16.5 Å². The molecule has 0 aliphatic heterocycles. The van der Waals surface area contributed by atoms with Crippen molar-refractivity contribution in [2.24, 2.45) is 5.73 Å². The molecule has 1 heterocycles. The second-order valence-corrected chi connectivity index (χ2v) is 3.16. The molecular weight excluding hydrogens is 183 g/mol. The van der Waals surface area contributed by atoms with Crippen LogP contribution in [0, 0.1) is 5.82 Å². The fourth-order valence-corrected chi connectivity index (χ4v) is 1.56. The summed E-state index contributed by atoms with van der Waals surface area (Å²) in [6, 6.07) is 4.74. The lowest BCUT2D eigenvalue weighted by Gasteiger charge is -2.05. The van der Waals surface area contributed by atoms with Crippen molar-refractivity contribution in [1.29, 1.82) is 0 Å². The summed E-state index contributed by atoms with van der Waals surface area (Å²) in [5, 5.41) is 9.95. The molecule has 1 atom stereocenters. The van der Waals surface area contributed by atoms with Gasteiger partial charge in [0, 0.05) is 29.2 Å². The first-order chi connectivity index (χ1) is 6.74. The van der Waals surface area contributed by atoms with Gasteiger partial charge in [0.05, 0.1) is 6.10 Å². The highest BCUT2D eigenvalue weighted by atomic mass is 19.1. The van der Waals surface area contributed by atoms with Crippen molar-refractivity contribution in [3.8, 4) is 0 Å². The van der Waals surface area contributed by atoms with Crippen LogP contribution in [0.25, 0.3) is 10.9 Å². The van der Waals surface area contributed by atoms with Gasteiger partial charge in [-0.05, 0) is 12.1 Å². The Kier molecular flexibility index (Phi) is 2.23. The number of nitrogens with two attached hydrogens (primary N) is 1. The molecule has 0 amide bonds. The van der Waals surface area contributed by atoms with Gasteiger partial charge in [0.15, 0.2) is 0 Å². The van der Waals surface area contributed by atoms with Crippen molar-refractivity contribution in [2.75, 3.05) is 6.54 Å². The molecule has 0 radical (unpaired) electrons. The van der Waals surface area contributed by atoms with Gasteiger partial charge in [-0.25, -0.2) is 4.39 Å². The second kappa shape index (κ2) is 3.40. The highest BCUT2D eigenvalue weighted by molar-refractivity contribution is 5.84. The summed E-state index contributed by atoms with van der Waals surface area (Å²) in [5.74, 6) is -0.341. The molecule has 2 aromatic rings. The van der Waals surface area contributed by atoms with Crippen LogP contribution >= 0.6 is 0 Å². The van der Waals surface area contributed by atoms with Crippen LogP contribution in [0.3, 0.4) is 0 Å². The lowest BCUT2D eigenvalue weighted by atomic mass is 10.1. The number of aliphatic hydroxyl groups excluding tert-OH is 1. The van der Waals surface area contributed by atoms with Crippen LogP contribution in [-0.4, -0.2) is 16.6 Å². The number of aromatic amines is 1. The average molecular weight is 194 g/mol. The fraction of sp³-hybridized carbons (Fsp3) is 0.200. The molecular formula is C10H11FN2O. The number of hydrogen-bond acceptors (Lipinski definition) is 2. The monoisotopic (exact) mass is 194 g/mol. The molecule has 0 saturated carbocycles. The molecule has 0 aliphatic rings. The van der Waals surface area contributed by atoms with E-state index in [2.05, 4.69) is 4.98 Å². The van der Waals surface area contributed by atoms with Gasteiger partial charge in [0.2, 0.25) is 0 Å². The Morgan fingerprint density at radius 3 is 3.00 bits per heavy atom. The quantitative estimate of drug-likeness (QED) is 0.674. The molecule has 0 fully saturated rings. The number of aromatic nitrogens is 1. The van der Waals surface area contributed by atoms with Gasteiger partial charge < -0.3 is 15.8 Å². The summed E-state index contributed by atoms with van der Waals surface area (Å²) in [5.41, 5.74) is 6.51. The van der Waals surface area contributed by atoms with E-state index in [9.17, 15) is 9.50 Å². The third-order valence-electron chi connectivity index (χ3n) is 2.27. The second-order valence-electron chi connectivity index (χ2n) is 3.16. The lowest BCUT2D eigenvalue weighted by Crippen LogP contribution is -2.11. The Morgan fingerprint density at radius 1 is 1.50 bits per heavy atom. The predicted octanol–water partition coefficient (Wildman–Crippen LogP) is 1.30. The van der Waals surface area contributed by atoms with Crippen LogP contribution in [0.1, 0.15) is 11.7 Å². The van der Waals surface area contributed by atoms with Crippen molar-refractivity contribution in [2.45, 2.75) is 6.10 Å². The van der Waals surface area contributed by atoms with Gasteiger partial charge in [0.25, 0.3) is 0 Å². The Labute approximate surface area is 80.4 Å². The van der Waals surface area contributed by atoms with Crippen molar-refractivity contribution in [3.05, 3.63) is 35.8 Å². The lowest BCUT2D eigenvalue weighted by molar-refractivity contribution is 0.188. The predicted molar refractivity (Wildman–Crippen MR) is 52.3 cm³/mol. The van der Waals surface area contributed by atoms with Crippen LogP contribution in [0.2, 0.25) is 0 Å². The first-order valence-electron chi connectivity index (χ1n) is 4.37. The van der Waals surface area contributed by atoms with Gasteiger partial charge >= 0.3 is 0 Å². The molecule has 2 rings (SSSR count). The normalized spacial score (nSPS) is 13.4. The first-order valence-corrected chi connectivity index (χ1v) is 4.37. The third-order valence-corrected chi connectivity index (χ3v) is 2.27. The highest BCUT2D eigenvalue weighted by Crippen LogP contribution is 2.25. The maximum atomic E-state index is 13.4. The number of rotatable bonds is 2. The zero-order chi connectivity index (χ0) is 10.1. The molecule has 14 heavy (non-hydrogen) atoms. The molecule has 74 valence electrons. The minimum atomic E-state index is -0.819. The van der Waals surface area contributed by atoms with E-state index in [-0.39, 0.29) is 12.4 Å². The number of fused-ring (bicyclic) bond motifs is 1. The highest BCUT2D eigenvalue weighted by Gasteiger charge is 2.13. The number of H-pyrrole nitrogens is 1. The van der Waals surface area contributed by atoms with Gasteiger partial charge in [0.1, 0.15) is 5.82 Å². The SMILES string of the molecule is NC[C@H](O)c1c[nH]c2cccc(F)c12. The van der Waals surface area contributed by atoms with Crippen LogP contribution < -0.4 is 5.73 Å². The minimum absolute atomic E-state index is 0.0846. The average Bonchev–Trinajstić information content (AvgIpc) is 2.62. The van der Waals surface area contributed by atoms with Crippen LogP contribution in [-0.2, 0) is 0 Å². The van der Waals surface area contributed by atoms with E-state index in [0.717, 1.165) is 0 Å². The van der Waals surface area contributed by atoms with E-state index >= 15 is 0 Å². The minimum Gasteiger partial charge on any atom is -0.387 e. The first kappa shape index (κ1) is 9.18. The molecule has 0 spiro atoms. The summed E-state index contributed by atoms with van der Waals surface area (Å²) < 4.78 is 13.4. The Morgan fingerprint density at radius 2 is 2.29 bits per heavy atom. The van der Waals surface area contributed by atoms with Crippen LogP contribution in [0.4, 0.5) is 4.39 Å². The number of aliphatic hydroxyl groups is 1. The number of nitrogens with one attached hydrogen (secondary N) is 1. The van der Waals surface area contributed by atoms with E-state index in [1.807, 2.05) is 0 Å². The van der Waals surface area contributed by atoms with E-state index < -0.39 is 6.10 Å². The van der Waals surface area contributed by atoms with Crippen molar-refractivity contribution in [3.63, 3.8) is 0 Å². The summed E-state index contributed by atoms with van der Waals surface area (Å²) >= 11 is 0. The van der Waals surface area contributed by atoms with Crippen molar-refractivity contribution < 1.29 is 9.50 Å². The Balaban J connectivity index is 2.67. The summed E-state index contributed by atoms with van der Waals surface area (Å²) in [6.07, 6.45) is 0.770. The van der Waals surface area contributed by atoms with Crippen LogP contribution in [0.5, 0.6) is 0 Å².